The van der Waals surface area contributed by atoms with Crippen molar-refractivity contribution >= 4 is 0 Å². The van der Waals surface area contributed by atoms with Gasteiger partial charge in [0, 0.05) is 0 Å². The molecule has 0 heterocycles. The van der Waals surface area contributed by atoms with Crippen molar-refractivity contribution in [3.05, 3.63) is 0 Å². The van der Waals surface area contributed by atoms with Crippen LogP contribution in [0.4, 0.5) is 0 Å². The summed E-state index contributed by atoms with van der Waals surface area (Å²) in [6, 6.07) is 0. The van der Waals surface area contributed by atoms with Crippen LogP contribution in [0.25, 0.3) is 0 Å². The van der Waals surface area contributed by atoms with Crippen molar-refractivity contribution in [2.24, 2.45) is 0 Å². The Hall–Kier alpha value is 0. The van der Waals surface area contributed by atoms with E-state index >= 15 is 0 Å². The predicted molar refractivity (Wildman–Crippen MR) is 175 cm³/mol. The molecule has 0 spiro atoms. The second kappa shape index (κ2) is 394. The standard InChI is InChI=1S/8C3H8.7CH4/c8*1-3-2;;;;;;;/h8*3H2,1-2H3;7*1H4. The Morgan fingerprint density at radius 3 is 0.161 bits per heavy atom. The zero-order valence-electron chi connectivity index (χ0n) is 21.7. The lowest BCUT2D eigenvalue weighted by atomic mass is 10.6. The molecule has 0 aromatic carbocycles. The molecule has 0 saturated carbocycles. The van der Waals surface area contributed by atoms with Crippen LogP contribution in [-0.2, 0) is 0 Å². The van der Waals surface area contributed by atoms with Crippen LogP contribution in [0.3, 0.4) is 0 Å². The van der Waals surface area contributed by atoms with Gasteiger partial charge >= 0.3 is 0 Å². The molecule has 0 aromatic rings. The first-order chi connectivity index (χ1) is 11.3. The summed E-state index contributed by atoms with van der Waals surface area (Å²) >= 11 is 0. The Morgan fingerprint density at radius 2 is 0.161 bits per heavy atom. The lowest BCUT2D eigenvalue weighted by molar-refractivity contribution is 1.09. The Bertz CT molecular complexity index is 24.0. The van der Waals surface area contributed by atoms with Crippen molar-refractivity contribution in [1.82, 2.24) is 0 Å². The molecule has 0 aliphatic heterocycles. The summed E-state index contributed by atoms with van der Waals surface area (Å²) in [5.74, 6) is 0. The highest BCUT2D eigenvalue weighted by atomic mass is 13.4. The minimum atomic E-state index is 0. The smallest absolute Gasteiger partial charge is 0.0590 e. The van der Waals surface area contributed by atoms with E-state index in [2.05, 4.69) is 111 Å². The summed E-state index contributed by atoms with van der Waals surface area (Å²) < 4.78 is 0. The molecule has 0 aliphatic carbocycles. The fraction of sp³-hybridized carbons (Fsp3) is 1.00. The molecule has 0 aromatic heterocycles. The van der Waals surface area contributed by atoms with Crippen molar-refractivity contribution in [3.63, 3.8) is 0 Å². The van der Waals surface area contributed by atoms with Crippen LogP contribution in [0, 0.1) is 0 Å². The molecule has 0 heteroatoms. The van der Waals surface area contributed by atoms with Crippen molar-refractivity contribution in [2.75, 3.05) is 0 Å². The SMILES string of the molecule is C.C.C.C.C.C.C.CCC.CCC.CCC.CCC.CCC.CCC.CCC.CCC. The third kappa shape index (κ3) is 0. The van der Waals surface area contributed by atoms with Crippen LogP contribution in [0.2, 0.25) is 0 Å². The maximum Gasteiger partial charge on any atom is -0.0590 e. The highest BCUT2D eigenvalue weighted by molar-refractivity contribution is 3.94. The van der Waals surface area contributed by atoms with Gasteiger partial charge in [-0.2, -0.15) is 0 Å². The van der Waals surface area contributed by atoms with Crippen molar-refractivity contribution in [2.45, 2.75) is 214 Å². The molecular formula is C31H92. The molecule has 0 unspecified atom stereocenters. The Balaban J connectivity index is -0.00000000703. The van der Waals surface area contributed by atoms with E-state index in [0.717, 1.165) is 0 Å². The van der Waals surface area contributed by atoms with Gasteiger partial charge in [0.1, 0.15) is 0 Å². The first kappa shape index (κ1) is 109. The van der Waals surface area contributed by atoms with Gasteiger partial charge in [0.25, 0.3) is 0 Å². The maximum atomic E-state index is 2.12. The lowest BCUT2D eigenvalue weighted by Gasteiger charge is -1.48. The van der Waals surface area contributed by atoms with Crippen molar-refractivity contribution < 1.29 is 0 Å². The summed E-state index contributed by atoms with van der Waals surface area (Å²) in [6.07, 6.45) is 10.0. The predicted octanol–water partition coefficient (Wildman–Crippen LogP) is 15.8. The van der Waals surface area contributed by atoms with E-state index in [1.165, 1.54) is 51.4 Å². The zero-order valence-corrected chi connectivity index (χ0v) is 21.7. The summed E-state index contributed by atoms with van der Waals surface area (Å²) in [7, 11) is 0. The van der Waals surface area contributed by atoms with E-state index in [4.69, 9.17) is 0 Å². The van der Waals surface area contributed by atoms with E-state index in [9.17, 15) is 0 Å². The molecule has 0 N–H and O–H groups in total. The zero-order chi connectivity index (χ0) is 21.7. The maximum absolute atomic E-state index is 2.12. The average molecular weight is 465 g/mol. The summed E-state index contributed by atoms with van der Waals surface area (Å²) in [5.41, 5.74) is 0. The topological polar surface area (TPSA) is 0 Å². The summed E-state index contributed by atoms with van der Waals surface area (Å²) in [4.78, 5) is 0. The van der Waals surface area contributed by atoms with E-state index < -0.39 is 0 Å². The number of hydrogen-bond acceptors (Lipinski definition) is 0. The summed E-state index contributed by atoms with van der Waals surface area (Å²) in [5, 5.41) is 0. The van der Waals surface area contributed by atoms with Gasteiger partial charge in [-0.1, -0.05) is 214 Å². The fourth-order valence-electron chi connectivity index (χ4n) is 0. The molecule has 0 radical (unpaired) electrons. The van der Waals surface area contributed by atoms with Gasteiger partial charge in [-0.05, 0) is 0 Å². The molecular weight excluding hydrogens is 372 g/mol. The van der Waals surface area contributed by atoms with Crippen LogP contribution in [0.1, 0.15) is 214 Å². The quantitative estimate of drug-likeness (QED) is 0.334. The Kier molecular flexibility index (Phi) is 1390. The van der Waals surface area contributed by atoms with E-state index in [-0.39, 0.29) is 52.0 Å². The molecule has 0 saturated heterocycles. The molecule has 0 nitrogen and oxygen atoms in total. The van der Waals surface area contributed by atoms with Crippen molar-refractivity contribution in [3.8, 4) is 0 Å². The molecule has 0 bridgehead atoms. The average Bonchev–Trinajstić information content (AvgIpc) is 2.45. The first-order valence-corrected chi connectivity index (χ1v) is 11.3. The number of hydrogen-bond donors (Lipinski definition) is 0. The Morgan fingerprint density at radius 1 is 0.161 bits per heavy atom. The summed E-state index contributed by atoms with van der Waals surface area (Å²) in [6.45, 7) is 34.0. The highest BCUT2D eigenvalue weighted by Gasteiger charge is 1.37. The monoisotopic (exact) mass is 465 g/mol. The molecule has 0 aliphatic rings. The van der Waals surface area contributed by atoms with Crippen LogP contribution in [0.5, 0.6) is 0 Å². The highest BCUT2D eigenvalue weighted by Crippen LogP contribution is 1.58. The fourth-order valence-corrected chi connectivity index (χ4v) is 0. The second-order valence-corrected chi connectivity index (χ2v) is 5.66. The molecule has 0 amide bonds. The van der Waals surface area contributed by atoms with Gasteiger partial charge in [-0.3, -0.25) is 0 Å². The third-order valence-electron chi connectivity index (χ3n) is 0. The van der Waals surface area contributed by atoms with E-state index in [1.807, 2.05) is 0 Å². The minimum absolute atomic E-state index is 0. The van der Waals surface area contributed by atoms with Gasteiger partial charge in [0.15, 0.2) is 0 Å². The van der Waals surface area contributed by atoms with Gasteiger partial charge in [0.05, 0.1) is 0 Å². The lowest BCUT2D eigenvalue weighted by Crippen LogP contribution is -1.27. The van der Waals surface area contributed by atoms with Gasteiger partial charge in [0.2, 0.25) is 0 Å². The molecule has 0 rings (SSSR count). The third-order valence-corrected chi connectivity index (χ3v) is 0. The Labute approximate surface area is 214 Å². The van der Waals surface area contributed by atoms with Crippen LogP contribution < -0.4 is 0 Å². The molecule has 216 valence electrons. The molecule has 0 fully saturated rings. The van der Waals surface area contributed by atoms with Crippen LogP contribution in [-0.4, -0.2) is 0 Å². The van der Waals surface area contributed by atoms with E-state index in [0.29, 0.717) is 0 Å². The second-order valence-electron chi connectivity index (χ2n) is 5.66. The van der Waals surface area contributed by atoms with E-state index in [1.54, 1.807) is 0 Å². The van der Waals surface area contributed by atoms with Gasteiger partial charge in [-0.25, -0.2) is 0 Å². The first-order valence-electron chi connectivity index (χ1n) is 11.3. The minimum Gasteiger partial charge on any atom is -0.0776 e. The largest absolute Gasteiger partial charge is 0.0776 e. The van der Waals surface area contributed by atoms with Gasteiger partial charge in [-0.15, -0.1) is 0 Å². The normalized spacial score (nSPS) is 4.65. The van der Waals surface area contributed by atoms with Crippen LogP contribution >= 0.6 is 0 Å². The van der Waals surface area contributed by atoms with Crippen LogP contribution in [0.15, 0.2) is 0 Å². The van der Waals surface area contributed by atoms with Crippen molar-refractivity contribution in [1.29, 1.82) is 0 Å². The molecule has 31 heavy (non-hydrogen) atoms. The van der Waals surface area contributed by atoms with Gasteiger partial charge < -0.3 is 0 Å². The molecule has 0 atom stereocenters. The number of rotatable bonds is 0.